The highest BCUT2D eigenvalue weighted by Crippen LogP contribution is 2.19. The molecule has 0 atom stereocenters. The van der Waals surface area contributed by atoms with Gasteiger partial charge in [0.25, 0.3) is 5.91 Å². The largest absolute Gasteiger partial charge is 0.322 e. The molecule has 2 N–H and O–H groups in total. The first-order valence-electron chi connectivity index (χ1n) is 7.26. The predicted molar refractivity (Wildman–Crippen MR) is 82.2 cm³/mol. The van der Waals surface area contributed by atoms with Crippen LogP contribution in [0.5, 0.6) is 0 Å². The lowest BCUT2D eigenvalue weighted by Crippen LogP contribution is -2.15. The summed E-state index contributed by atoms with van der Waals surface area (Å²) in [7, 11) is 1.81. The number of rotatable bonds is 5. The van der Waals surface area contributed by atoms with Gasteiger partial charge in [-0.15, -0.1) is 0 Å². The molecule has 1 aromatic carbocycles. The number of carbonyl (C=O) groups is 1. The van der Waals surface area contributed by atoms with Crippen LogP contribution in [0.1, 0.15) is 34.5 Å². The summed E-state index contributed by atoms with van der Waals surface area (Å²) in [6.07, 6.45) is 4.32. The van der Waals surface area contributed by atoms with Crippen LogP contribution >= 0.6 is 0 Å². The van der Waals surface area contributed by atoms with E-state index < -0.39 is 0 Å². The number of hydrogen-bond donors (Lipinski definition) is 2. The lowest BCUT2D eigenvalue weighted by atomic mass is 10.2. The molecule has 0 unspecified atom stereocenters. The fourth-order valence-electron chi connectivity index (χ4n) is 2.28. The number of aryl methyl sites for hydroxylation is 2. The topological polar surface area (TPSA) is 59.0 Å². The van der Waals surface area contributed by atoms with E-state index in [2.05, 4.69) is 15.7 Å². The third kappa shape index (κ3) is 3.49. The van der Waals surface area contributed by atoms with E-state index in [1.807, 2.05) is 38.2 Å². The van der Waals surface area contributed by atoms with Crippen molar-refractivity contribution in [2.24, 2.45) is 7.05 Å². The van der Waals surface area contributed by atoms with Gasteiger partial charge in [0.1, 0.15) is 0 Å². The highest BCUT2D eigenvalue weighted by molar-refractivity contribution is 6.04. The molecule has 1 amide bonds. The van der Waals surface area contributed by atoms with Crippen LogP contribution in [0.15, 0.2) is 30.5 Å². The molecule has 110 valence electrons. The summed E-state index contributed by atoms with van der Waals surface area (Å²) in [6, 6.07) is 8.67. The van der Waals surface area contributed by atoms with Gasteiger partial charge in [0.15, 0.2) is 0 Å². The highest BCUT2D eigenvalue weighted by atomic mass is 16.1. The van der Waals surface area contributed by atoms with Gasteiger partial charge in [-0.25, -0.2) is 0 Å². The zero-order valence-corrected chi connectivity index (χ0v) is 12.4. The summed E-state index contributed by atoms with van der Waals surface area (Å²) in [5, 5.41) is 10.6. The van der Waals surface area contributed by atoms with E-state index in [0.29, 0.717) is 11.6 Å². The number of nitrogens with zero attached hydrogens (tertiary/aromatic N) is 2. The summed E-state index contributed by atoms with van der Waals surface area (Å²) in [5.41, 5.74) is 3.38. The maximum atomic E-state index is 12.2. The van der Waals surface area contributed by atoms with Crippen molar-refractivity contribution in [2.45, 2.75) is 32.4 Å². The number of aromatic nitrogens is 2. The second-order valence-electron chi connectivity index (χ2n) is 5.61. The first kappa shape index (κ1) is 13.8. The predicted octanol–water partition coefficient (Wildman–Crippen LogP) is 2.23. The Bertz CT molecular complexity index is 641. The summed E-state index contributed by atoms with van der Waals surface area (Å²) in [5.74, 6) is -0.121. The van der Waals surface area contributed by atoms with E-state index in [-0.39, 0.29) is 5.91 Å². The summed E-state index contributed by atoms with van der Waals surface area (Å²) < 4.78 is 1.65. The molecule has 1 aromatic heterocycles. The second-order valence-corrected chi connectivity index (χ2v) is 5.61. The van der Waals surface area contributed by atoms with Crippen molar-refractivity contribution in [3.05, 3.63) is 47.3 Å². The maximum Gasteiger partial charge on any atom is 0.259 e. The summed E-state index contributed by atoms with van der Waals surface area (Å²) in [6.45, 7) is 2.72. The SMILES string of the molecule is Cc1nn(C)cc1C(=O)Nc1ccc(CNC2CC2)cc1. The quantitative estimate of drug-likeness (QED) is 0.885. The molecule has 1 aliphatic rings. The Hall–Kier alpha value is -2.14. The second kappa shape index (κ2) is 5.69. The molecule has 0 spiro atoms. The van der Waals surface area contributed by atoms with Crippen molar-refractivity contribution >= 4 is 11.6 Å². The zero-order chi connectivity index (χ0) is 14.8. The molecule has 3 rings (SSSR count). The van der Waals surface area contributed by atoms with Crippen molar-refractivity contribution in [3.8, 4) is 0 Å². The smallest absolute Gasteiger partial charge is 0.259 e. The first-order valence-corrected chi connectivity index (χ1v) is 7.26. The van der Waals surface area contributed by atoms with Crippen molar-refractivity contribution in [3.63, 3.8) is 0 Å². The maximum absolute atomic E-state index is 12.2. The molecule has 5 heteroatoms. The fraction of sp³-hybridized carbons (Fsp3) is 0.375. The number of carbonyl (C=O) groups excluding carboxylic acids is 1. The molecule has 2 aromatic rings. The number of nitrogens with one attached hydrogen (secondary N) is 2. The Kier molecular flexibility index (Phi) is 3.75. The average molecular weight is 284 g/mol. The van der Waals surface area contributed by atoms with Gasteiger partial charge in [-0.1, -0.05) is 12.1 Å². The standard InChI is InChI=1S/C16H20N4O/c1-11-15(10-20(2)19-11)16(21)18-14-5-3-12(4-6-14)9-17-13-7-8-13/h3-6,10,13,17H,7-9H2,1-2H3,(H,18,21). The molecule has 0 saturated heterocycles. The van der Waals surface area contributed by atoms with Gasteiger partial charge in [0, 0.05) is 31.5 Å². The van der Waals surface area contributed by atoms with Gasteiger partial charge in [0.2, 0.25) is 0 Å². The van der Waals surface area contributed by atoms with Crippen molar-refractivity contribution in [1.82, 2.24) is 15.1 Å². The van der Waals surface area contributed by atoms with Crippen LogP contribution in [0, 0.1) is 6.92 Å². The number of anilines is 1. The minimum atomic E-state index is -0.121. The van der Waals surface area contributed by atoms with Crippen LogP contribution in [-0.4, -0.2) is 21.7 Å². The Morgan fingerprint density at radius 3 is 2.62 bits per heavy atom. The highest BCUT2D eigenvalue weighted by Gasteiger charge is 2.19. The molecule has 5 nitrogen and oxygen atoms in total. The minimum Gasteiger partial charge on any atom is -0.322 e. The Morgan fingerprint density at radius 2 is 2.05 bits per heavy atom. The molecule has 1 heterocycles. The molecule has 21 heavy (non-hydrogen) atoms. The molecule has 1 saturated carbocycles. The van der Waals surface area contributed by atoms with E-state index >= 15 is 0 Å². The van der Waals surface area contributed by atoms with E-state index in [4.69, 9.17) is 0 Å². The van der Waals surface area contributed by atoms with Gasteiger partial charge in [0.05, 0.1) is 11.3 Å². The molecule has 0 radical (unpaired) electrons. The Balaban J connectivity index is 1.61. The fourth-order valence-corrected chi connectivity index (χ4v) is 2.28. The average Bonchev–Trinajstić information content (AvgIpc) is 3.22. The molecule has 0 aliphatic heterocycles. The van der Waals surface area contributed by atoms with Crippen LogP contribution in [-0.2, 0) is 13.6 Å². The lowest BCUT2D eigenvalue weighted by Gasteiger charge is -2.07. The Labute approximate surface area is 124 Å². The molecular weight excluding hydrogens is 264 g/mol. The normalized spacial score (nSPS) is 14.2. The number of benzene rings is 1. The monoisotopic (exact) mass is 284 g/mol. The van der Waals surface area contributed by atoms with Gasteiger partial charge in [-0.3, -0.25) is 9.48 Å². The Morgan fingerprint density at radius 1 is 1.33 bits per heavy atom. The third-order valence-corrected chi connectivity index (χ3v) is 3.64. The molecule has 1 aliphatic carbocycles. The first-order chi connectivity index (χ1) is 10.1. The van der Waals surface area contributed by atoms with Gasteiger partial charge < -0.3 is 10.6 Å². The number of amides is 1. The van der Waals surface area contributed by atoms with Crippen molar-refractivity contribution in [1.29, 1.82) is 0 Å². The van der Waals surface area contributed by atoms with E-state index in [9.17, 15) is 4.79 Å². The van der Waals surface area contributed by atoms with Crippen molar-refractivity contribution in [2.75, 3.05) is 5.32 Å². The van der Waals surface area contributed by atoms with Gasteiger partial charge >= 0.3 is 0 Å². The zero-order valence-electron chi connectivity index (χ0n) is 12.4. The minimum absolute atomic E-state index is 0.121. The van der Waals surface area contributed by atoms with Crippen LogP contribution < -0.4 is 10.6 Å². The van der Waals surface area contributed by atoms with Crippen molar-refractivity contribution < 1.29 is 4.79 Å². The van der Waals surface area contributed by atoms with Crippen LogP contribution in [0.3, 0.4) is 0 Å². The third-order valence-electron chi connectivity index (χ3n) is 3.64. The van der Waals surface area contributed by atoms with Gasteiger partial charge in [-0.2, -0.15) is 5.10 Å². The molecular formula is C16H20N4O. The van der Waals surface area contributed by atoms with E-state index in [1.165, 1.54) is 18.4 Å². The number of hydrogen-bond acceptors (Lipinski definition) is 3. The van der Waals surface area contributed by atoms with E-state index in [1.54, 1.807) is 10.9 Å². The van der Waals surface area contributed by atoms with Crippen LogP contribution in [0.25, 0.3) is 0 Å². The molecule has 1 fully saturated rings. The summed E-state index contributed by atoms with van der Waals surface area (Å²) >= 11 is 0. The van der Waals surface area contributed by atoms with E-state index in [0.717, 1.165) is 17.9 Å². The molecule has 0 bridgehead atoms. The summed E-state index contributed by atoms with van der Waals surface area (Å²) in [4.78, 5) is 12.2. The lowest BCUT2D eigenvalue weighted by molar-refractivity contribution is 0.102. The van der Waals surface area contributed by atoms with Gasteiger partial charge in [-0.05, 0) is 37.5 Å². The van der Waals surface area contributed by atoms with Crippen LogP contribution in [0.2, 0.25) is 0 Å². The van der Waals surface area contributed by atoms with Crippen LogP contribution in [0.4, 0.5) is 5.69 Å².